The van der Waals surface area contributed by atoms with E-state index in [9.17, 15) is 9.59 Å². The van der Waals surface area contributed by atoms with Crippen LogP contribution in [0.25, 0.3) is 0 Å². The fraction of sp³-hybridized carbons (Fsp3) is 0.692. The number of allylic oxidation sites excluding steroid dienone is 1. The molecule has 0 radical (unpaired) electrons. The summed E-state index contributed by atoms with van der Waals surface area (Å²) in [5, 5.41) is 0. The first kappa shape index (κ1) is 17.3. The van der Waals surface area contributed by atoms with Gasteiger partial charge in [0.15, 0.2) is 5.78 Å². The standard InChI is InChI=1S/C9H12O3.2C2H6/c1-6-3-4-7(10)5-8(6)9(11)12-2;2*1-2/h5-6H,3-4H2,1-2H3;2*1-2H3/t6-;;/m0../s1. The minimum absolute atomic E-state index is 0.0218. The molecule has 0 aromatic rings. The summed E-state index contributed by atoms with van der Waals surface area (Å²) in [5.41, 5.74) is 0.508. The predicted molar refractivity (Wildman–Crippen MR) is 66.2 cm³/mol. The van der Waals surface area contributed by atoms with Crippen molar-refractivity contribution in [3.05, 3.63) is 11.6 Å². The van der Waals surface area contributed by atoms with Gasteiger partial charge in [-0.05, 0) is 18.4 Å². The summed E-state index contributed by atoms with van der Waals surface area (Å²) in [7, 11) is 1.33. The average molecular weight is 228 g/mol. The van der Waals surface area contributed by atoms with E-state index < -0.39 is 0 Å². The van der Waals surface area contributed by atoms with Gasteiger partial charge in [-0.15, -0.1) is 0 Å². The number of rotatable bonds is 1. The van der Waals surface area contributed by atoms with Crippen LogP contribution < -0.4 is 0 Å². The van der Waals surface area contributed by atoms with E-state index in [1.54, 1.807) is 0 Å². The second kappa shape index (κ2) is 10.4. The summed E-state index contributed by atoms with van der Waals surface area (Å²) in [4.78, 5) is 22.0. The lowest BCUT2D eigenvalue weighted by molar-refractivity contribution is -0.137. The molecule has 0 unspecified atom stereocenters. The molecule has 0 aromatic carbocycles. The third-order valence-electron chi connectivity index (χ3n) is 2.09. The van der Waals surface area contributed by atoms with Crippen LogP contribution in [0.1, 0.15) is 47.5 Å². The molecule has 1 atom stereocenters. The SMILES string of the molecule is CC.CC.COC(=O)C1=CC(=O)CC[C@@H]1C. The maximum absolute atomic E-state index is 11.1. The Kier molecular flexibility index (Phi) is 11.2. The molecule has 0 amide bonds. The lowest BCUT2D eigenvalue weighted by atomic mass is 9.89. The predicted octanol–water partition coefficient (Wildman–Crippen LogP) is 3.14. The van der Waals surface area contributed by atoms with Crippen LogP contribution in [0.4, 0.5) is 0 Å². The van der Waals surface area contributed by atoms with Crippen molar-refractivity contribution in [2.75, 3.05) is 7.11 Å². The summed E-state index contributed by atoms with van der Waals surface area (Å²) < 4.78 is 4.55. The van der Waals surface area contributed by atoms with E-state index in [4.69, 9.17) is 0 Å². The molecule has 16 heavy (non-hydrogen) atoms. The van der Waals surface area contributed by atoms with Gasteiger partial charge < -0.3 is 4.74 Å². The van der Waals surface area contributed by atoms with E-state index in [1.165, 1.54) is 13.2 Å². The van der Waals surface area contributed by atoms with Crippen molar-refractivity contribution in [3.63, 3.8) is 0 Å². The molecule has 1 rings (SSSR count). The Morgan fingerprint density at radius 1 is 1.31 bits per heavy atom. The Morgan fingerprint density at radius 2 is 1.81 bits per heavy atom. The van der Waals surface area contributed by atoms with Gasteiger partial charge in [-0.25, -0.2) is 4.79 Å². The normalized spacial score (nSPS) is 18.2. The highest BCUT2D eigenvalue weighted by atomic mass is 16.5. The van der Waals surface area contributed by atoms with Gasteiger partial charge in [-0.3, -0.25) is 4.79 Å². The van der Waals surface area contributed by atoms with Crippen LogP contribution in [-0.2, 0) is 14.3 Å². The molecule has 0 heterocycles. The molecule has 0 aliphatic heterocycles. The molecular weight excluding hydrogens is 204 g/mol. The molecule has 0 spiro atoms. The zero-order valence-corrected chi connectivity index (χ0v) is 11.3. The summed E-state index contributed by atoms with van der Waals surface area (Å²) in [5.74, 6) is -0.209. The molecule has 0 saturated carbocycles. The third-order valence-corrected chi connectivity index (χ3v) is 2.09. The molecule has 0 N–H and O–H groups in total. The summed E-state index contributed by atoms with van der Waals surface area (Å²) in [6.45, 7) is 9.93. The number of esters is 1. The van der Waals surface area contributed by atoms with Gasteiger partial charge in [-0.1, -0.05) is 34.6 Å². The zero-order chi connectivity index (χ0) is 13.1. The Morgan fingerprint density at radius 3 is 2.25 bits per heavy atom. The topological polar surface area (TPSA) is 43.4 Å². The van der Waals surface area contributed by atoms with E-state index >= 15 is 0 Å². The van der Waals surface area contributed by atoms with Gasteiger partial charge >= 0.3 is 5.97 Å². The number of ketones is 1. The largest absolute Gasteiger partial charge is 0.466 e. The highest BCUT2D eigenvalue weighted by molar-refractivity contribution is 6.00. The number of methoxy groups -OCH3 is 1. The molecule has 0 saturated heterocycles. The Bertz CT molecular complexity index is 242. The van der Waals surface area contributed by atoms with Crippen molar-refractivity contribution in [2.45, 2.75) is 47.5 Å². The summed E-state index contributed by atoms with van der Waals surface area (Å²) in [6, 6.07) is 0. The van der Waals surface area contributed by atoms with Crippen LogP contribution in [0.3, 0.4) is 0 Å². The van der Waals surface area contributed by atoms with Crippen LogP contribution >= 0.6 is 0 Å². The highest BCUT2D eigenvalue weighted by Crippen LogP contribution is 2.22. The number of carbonyl (C=O) groups is 2. The molecule has 3 heteroatoms. The third kappa shape index (κ3) is 5.69. The van der Waals surface area contributed by atoms with Gasteiger partial charge in [0.2, 0.25) is 0 Å². The Hall–Kier alpha value is -1.12. The molecule has 3 nitrogen and oxygen atoms in total. The van der Waals surface area contributed by atoms with Crippen molar-refractivity contribution in [1.29, 1.82) is 0 Å². The average Bonchev–Trinajstić information content (AvgIpc) is 2.36. The molecule has 94 valence electrons. The Labute approximate surface area is 98.9 Å². The summed E-state index contributed by atoms with van der Waals surface area (Å²) >= 11 is 0. The van der Waals surface area contributed by atoms with Crippen molar-refractivity contribution in [1.82, 2.24) is 0 Å². The van der Waals surface area contributed by atoms with E-state index in [2.05, 4.69) is 4.74 Å². The van der Waals surface area contributed by atoms with Gasteiger partial charge in [0.25, 0.3) is 0 Å². The van der Waals surface area contributed by atoms with Crippen molar-refractivity contribution < 1.29 is 14.3 Å². The van der Waals surface area contributed by atoms with Gasteiger partial charge in [0.05, 0.1) is 7.11 Å². The smallest absolute Gasteiger partial charge is 0.334 e. The maximum Gasteiger partial charge on any atom is 0.334 e. The lowest BCUT2D eigenvalue weighted by Gasteiger charge is -2.17. The Balaban J connectivity index is 0. The minimum atomic E-state index is -0.379. The summed E-state index contributed by atoms with van der Waals surface area (Å²) in [6.07, 6.45) is 2.70. The zero-order valence-electron chi connectivity index (χ0n) is 11.3. The van der Waals surface area contributed by atoms with E-state index in [-0.39, 0.29) is 17.7 Å². The molecule has 1 aliphatic rings. The first-order valence-electron chi connectivity index (χ1n) is 5.98. The van der Waals surface area contributed by atoms with E-state index in [0.29, 0.717) is 12.0 Å². The lowest BCUT2D eigenvalue weighted by Crippen LogP contribution is -2.18. The fourth-order valence-electron chi connectivity index (χ4n) is 1.28. The number of ether oxygens (including phenoxy) is 1. The molecular formula is C13H24O3. The van der Waals surface area contributed by atoms with Crippen molar-refractivity contribution in [2.24, 2.45) is 5.92 Å². The molecule has 0 aromatic heterocycles. The minimum Gasteiger partial charge on any atom is -0.466 e. The van der Waals surface area contributed by atoms with E-state index in [0.717, 1.165) is 6.42 Å². The second-order valence-electron chi connectivity index (χ2n) is 3.00. The molecule has 1 aliphatic carbocycles. The van der Waals surface area contributed by atoms with Gasteiger partial charge in [0, 0.05) is 12.0 Å². The van der Waals surface area contributed by atoms with E-state index in [1.807, 2.05) is 34.6 Å². The van der Waals surface area contributed by atoms with Crippen molar-refractivity contribution in [3.8, 4) is 0 Å². The first-order valence-corrected chi connectivity index (χ1v) is 5.98. The van der Waals surface area contributed by atoms with Crippen LogP contribution in [0.2, 0.25) is 0 Å². The maximum atomic E-state index is 11.1. The number of carbonyl (C=O) groups excluding carboxylic acids is 2. The van der Waals surface area contributed by atoms with Crippen LogP contribution in [0.5, 0.6) is 0 Å². The molecule has 0 bridgehead atoms. The van der Waals surface area contributed by atoms with Crippen LogP contribution in [-0.4, -0.2) is 18.9 Å². The van der Waals surface area contributed by atoms with Crippen molar-refractivity contribution >= 4 is 11.8 Å². The second-order valence-corrected chi connectivity index (χ2v) is 3.00. The van der Waals surface area contributed by atoms with Crippen LogP contribution in [0.15, 0.2) is 11.6 Å². The highest BCUT2D eigenvalue weighted by Gasteiger charge is 2.23. The van der Waals surface area contributed by atoms with Gasteiger partial charge in [-0.2, -0.15) is 0 Å². The first-order chi connectivity index (χ1) is 7.65. The monoisotopic (exact) mass is 228 g/mol. The fourth-order valence-corrected chi connectivity index (χ4v) is 1.28. The quantitative estimate of drug-likeness (QED) is 0.647. The van der Waals surface area contributed by atoms with Crippen LogP contribution in [0, 0.1) is 5.92 Å². The molecule has 0 fully saturated rings. The number of hydrogen-bond acceptors (Lipinski definition) is 3. The van der Waals surface area contributed by atoms with Gasteiger partial charge in [0.1, 0.15) is 0 Å². The number of hydrogen-bond donors (Lipinski definition) is 0.